The van der Waals surface area contributed by atoms with Gasteiger partial charge in [0, 0.05) is 28.5 Å². The van der Waals surface area contributed by atoms with E-state index in [9.17, 15) is 4.79 Å². The zero-order chi connectivity index (χ0) is 21.1. The molecule has 0 spiro atoms. The van der Waals surface area contributed by atoms with Gasteiger partial charge in [-0.1, -0.05) is 59.8 Å². The minimum atomic E-state index is -0.333. The van der Waals surface area contributed by atoms with Crippen LogP contribution in [0.4, 0.5) is 0 Å². The van der Waals surface area contributed by atoms with Crippen LogP contribution >= 0.6 is 23.4 Å². The average Bonchev–Trinajstić information content (AvgIpc) is 3.19. The highest BCUT2D eigenvalue weighted by Crippen LogP contribution is 2.33. The summed E-state index contributed by atoms with van der Waals surface area (Å²) in [5.74, 6) is 0.716. The lowest BCUT2D eigenvalue weighted by Crippen LogP contribution is -2.14. The summed E-state index contributed by atoms with van der Waals surface area (Å²) in [6.07, 6.45) is 3.43. The summed E-state index contributed by atoms with van der Waals surface area (Å²) < 4.78 is 1.95. The largest absolute Gasteiger partial charge is 0.293 e. The number of benzene rings is 2. The van der Waals surface area contributed by atoms with Gasteiger partial charge in [0.15, 0.2) is 16.8 Å². The Morgan fingerprint density at radius 3 is 2.47 bits per heavy atom. The second-order valence-corrected chi connectivity index (χ2v) is 8.47. The van der Waals surface area contributed by atoms with E-state index in [1.807, 2.05) is 79.1 Å². The zero-order valence-electron chi connectivity index (χ0n) is 16.5. The Bertz CT molecular complexity index is 1180. The van der Waals surface area contributed by atoms with Crippen LogP contribution in [-0.2, 0) is 0 Å². The first-order chi connectivity index (χ1) is 14.6. The van der Waals surface area contributed by atoms with Crippen LogP contribution in [-0.4, -0.2) is 30.8 Å². The van der Waals surface area contributed by atoms with E-state index in [0.717, 1.165) is 16.8 Å². The molecule has 0 aliphatic carbocycles. The topological polar surface area (TPSA) is 60.7 Å². The van der Waals surface area contributed by atoms with Gasteiger partial charge in [0.25, 0.3) is 0 Å². The normalized spacial score (nSPS) is 12.0. The predicted molar refractivity (Wildman–Crippen MR) is 120 cm³/mol. The molecule has 0 saturated carbocycles. The van der Waals surface area contributed by atoms with Crippen LogP contribution in [0.15, 0.2) is 78.2 Å². The smallest absolute Gasteiger partial charge is 0.196 e. The maximum atomic E-state index is 12.9. The van der Waals surface area contributed by atoms with Crippen LogP contribution in [0.3, 0.4) is 0 Å². The summed E-state index contributed by atoms with van der Waals surface area (Å²) in [5, 5.41) is 9.80. The van der Waals surface area contributed by atoms with Gasteiger partial charge < -0.3 is 0 Å². The first kappa shape index (κ1) is 20.3. The van der Waals surface area contributed by atoms with Crippen molar-refractivity contribution in [3.05, 3.63) is 89.2 Å². The van der Waals surface area contributed by atoms with Gasteiger partial charge in [-0.05, 0) is 43.7 Å². The van der Waals surface area contributed by atoms with Gasteiger partial charge in [-0.3, -0.25) is 14.3 Å². The van der Waals surface area contributed by atoms with Gasteiger partial charge in [-0.15, -0.1) is 10.2 Å². The van der Waals surface area contributed by atoms with Crippen LogP contribution in [0.25, 0.3) is 17.1 Å². The molecule has 30 heavy (non-hydrogen) atoms. The summed E-state index contributed by atoms with van der Waals surface area (Å²) in [4.78, 5) is 17.0. The summed E-state index contributed by atoms with van der Waals surface area (Å²) in [5.41, 5.74) is 3.35. The predicted octanol–water partition coefficient (Wildman–Crippen LogP) is 5.65. The monoisotopic (exact) mass is 434 g/mol. The molecule has 0 amide bonds. The molecule has 0 saturated heterocycles. The van der Waals surface area contributed by atoms with Crippen molar-refractivity contribution in [2.45, 2.75) is 24.3 Å². The molecule has 1 atom stereocenters. The summed E-state index contributed by atoms with van der Waals surface area (Å²) in [7, 11) is 0. The van der Waals surface area contributed by atoms with Crippen molar-refractivity contribution in [2.24, 2.45) is 0 Å². The number of hydrogen-bond acceptors (Lipinski definition) is 5. The van der Waals surface area contributed by atoms with Crippen molar-refractivity contribution in [3.8, 4) is 17.1 Å². The van der Waals surface area contributed by atoms with Crippen molar-refractivity contribution < 1.29 is 4.79 Å². The lowest BCUT2D eigenvalue weighted by atomic mass is 10.1. The molecule has 5 nitrogen and oxygen atoms in total. The Labute approximate surface area is 184 Å². The quantitative estimate of drug-likeness (QED) is 0.289. The van der Waals surface area contributed by atoms with Crippen LogP contribution in [0.2, 0.25) is 5.02 Å². The van der Waals surface area contributed by atoms with Crippen molar-refractivity contribution >= 4 is 29.1 Å². The minimum Gasteiger partial charge on any atom is -0.293 e. The number of thioether (sulfide) groups is 1. The summed E-state index contributed by atoms with van der Waals surface area (Å²) in [6.45, 7) is 3.84. The Kier molecular flexibility index (Phi) is 5.97. The Morgan fingerprint density at radius 2 is 1.73 bits per heavy atom. The van der Waals surface area contributed by atoms with E-state index in [1.165, 1.54) is 11.8 Å². The van der Waals surface area contributed by atoms with Crippen LogP contribution in [0, 0.1) is 6.92 Å². The molecule has 1 unspecified atom stereocenters. The molecule has 0 radical (unpaired) electrons. The average molecular weight is 435 g/mol. The van der Waals surface area contributed by atoms with E-state index in [1.54, 1.807) is 12.4 Å². The van der Waals surface area contributed by atoms with Crippen LogP contribution < -0.4 is 0 Å². The molecular weight excluding hydrogens is 416 g/mol. The second kappa shape index (κ2) is 8.81. The highest BCUT2D eigenvalue weighted by Gasteiger charge is 2.23. The second-order valence-electron chi connectivity index (χ2n) is 6.75. The third-order valence-electron chi connectivity index (χ3n) is 4.76. The minimum absolute atomic E-state index is 0.0448. The van der Waals surface area contributed by atoms with Gasteiger partial charge in [-0.25, -0.2) is 0 Å². The molecule has 2 heterocycles. The first-order valence-corrected chi connectivity index (χ1v) is 10.7. The van der Waals surface area contributed by atoms with E-state index in [0.29, 0.717) is 21.6 Å². The number of nitrogens with zero attached hydrogens (tertiary/aromatic N) is 4. The van der Waals surface area contributed by atoms with E-state index < -0.39 is 0 Å². The molecule has 4 rings (SSSR count). The molecule has 4 aromatic rings. The maximum Gasteiger partial charge on any atom is 0.196 e. The number of aromatic nitrogens is 4. The number of Topliss-reactive ketones (excluding diaryl/α,β-unsaturated/α-hetero) is 1. The molecule has 0 bridgehead atoms. The molecule has 0 aliphatic rings. The molecule has 7 heteroatoms. The Hall–Kier alpha value is -2.96. The lowest BCUT2D eigenvalue weighted by Gasteiger charge is -2.15. The standard InChI is InChI=1S/C23H19ClN4OS/c1-15-19(24)9-6-10-20(15)28-22(18-11-13-25-14-12-18)26-27-23(28)30-16(2)21(29)17-7-4-3-5-8-17/h3-14,16H,1-2H3. The fourth-order valence-corrected chi connectivity index (χ4v) is 4.25. The number of rotatable bonds is 6. The summed E-state index contributed by atoms with van der Waals surface area (Å²) >= 11 is 7.77. The Morgan fingerprint density at radius 1 is 1.00 bits per heavy atom. The van der Waals surface area contributed by atoms with Crippen molar-refractivity contribution in [2.75, 3.05) is 0 Å². The first-order valence-electron chi connectivity index (χ1n) is 9.43. The Balaban J connectivity index is 1.78. The van der Waals surface area contributed by atoms with Crippen molar-refractivity contribution in [3.63, 3.8) is 0 Å². The fourth-order valence-electron chi connectivity index (χ4n) is 3.14. The summed E-state index contributed by atoms with van der Waals surface area (Å²) in [6, 6.07) is 18.8. The van der Waals surface area contributed by atoms with Crippen LogP contribution in [0.5, 0.6) is 0 Å². The molecule has 0 N–H and O–H groups in total. The molecule has 150 valence electrons. The zero-order valence-corrected chi connectivity index (χ0v) is 18.1. The van der Waals surface area contributed by atoms with Gasteiger partial charge >= 0.3 is 0 Å². The van der Waals surface area contributed by atoms with E-state index in [-0.39, 0.29) is 11.0 Å². The number of pyridine rings is 1. The number of carbonyl (C=O) groups is 1. The van der Waals surface area contributed by atoms with E-state index in [2.05, 4.69) is 15.2 Å². The maximum absolute atomic E-state index is 12.9. The molecule has 0 fully saturated rings. The molecule has 2 aromatic carbocycles. The SMILES string of the molecule is Cc1c(Cl)cccc1-n1c(SC(C)C(=O)c2ccccc2)nnc1-c1ccncc1. The van der Waals surface area contributed by atoms with Crippen molar-refractivity contribution in [1.82, 2.24) is 19.7 Å². The molecular formula is C23H19ClN4OS. The van der Waals surface area contributed by atoms with Crippen LogP contribution in [0.1, 0.15) is 22.8 Å². The van der Waals surface area contributed by atoms with Crippen molar-refractivity contribution in [1.29, 1.82) is 0 Å². The van der Waals surface area contributed by atoms with E-state index in [4.69, 9.17) is 11.6 Å². The molecule has 2 aromatic heterocycles. The highest BCUT2D eigenvalue weighted by molar-refractivity contribution is 8.00. The number of ketones is 1. The third kappa shape index (κ3) is 4.01. The van der Waals surface area contributed by atoms with Gasteiger partial charge in [0.05, 0.1) is 10.9 Å². The van der Waals surface area contributed by atoms with Gasteiger partial charge in [-0.2, -0.15) is 0 Å². The van der Waals surface area contributed by atoms with Gasteiger partial charge in [0.1, 0.15) is 0 Å². The molecule has 0 aliphatic heterocycles. The van der Waals surface area contributed by atoms with E-state index >= 15 is 0 Å². The van der Waals surface area contributed by atoms with Gasteiger partial charge in [0.2, 0.25) is 0 Å². The number of carbonyl (C=O) groups excluding carboxylic acids is 1. The number of halogens is 1. The fraction of sp³-hybridized carbons (Fsp3) is 0.130. The lowest BCUT2D eigenvalue weighted by molar-refractivity contribution is 0.0994. The third-order valence-corrected chi connectivity index (χ3v) is 6.21. The number of hydrogen-bond donors (Lipinski definition) is 0. The highest BCUT2D eigenvalue weighted by atomic mass is 35.5.